The molecule has 10 heteroatoms. The Morgan fingerprint density at radius 1 is 1.18 bits per heavy atom. The van der Waals surface area contributed by atoms with Gasteiger partial charge in [-0.05, 0) is 30.7 Å². The van der Waals surface area contributed by atoms with Crippen molar-refractivity contribution in [2.75, 3.05) is 24.2 Å². The molecule has 5 rings (SSSR count). The van der Waals surface area contributed by atoms with Gasteiger partial charge >= 0.3 is 6.03 Å². The number of pyridine rings is 1. The van der Waals surface area contributed by atoms with Crippen molar-refractivity contribution >= 4 is 34.9 Å². The number of aromatic nitrogens is 2. The molecular weight excluding hydrogens is 439 g/mol. The zero-order valence-corrected chi connectivity index (χ0v) is 18.4. The van der Waals surface area contributed by atoms with E-state index in [-0.39, 0.29) is 37.1 Å². The maximum Gasteiger partial charge on any atom is 0.317 e. The van der Waals surface area contributed by atoms with Gasteiger partial charge in [0.05, 0.1) is 36.0 Å². The maximum absolute atomic E-state index is 13.3. The highest BCUT2D eigenvalue weighted by molar-refractivity contribution is 6.09. The van der Waals surface area contributed by atoms with Crippen LogP contribution in [0.1, 0.15) is 22.5 Å². The van der Waals surface area contributed by atoms with Crippen molar-refractivity contribution in [1.82, 2.24) is 20.2 Å². The number of carbonyl (C=O) groups is 3. The van der Waals surface area contributed by atoms with Crippen molar-refractivity contribution in [3.05, 3.63) is 59.9 Å². The molecule has 1 saturated carbocycles. The number of rotatable bonds is 5. The minimum Gasteiger partial charge on any atom is -0.355 e. The molecule has 0 bridgehead atoms. The molecule has 3 amide bonds. The summed E-state index contributed by atoms with van der Waals surface area (Å²) < 4.78 is 13.3. The molecule has 0 radical (unpaired) electrons. The first-order valence-corrected chi connectivity index (χ1v) is 10.9. The van der Waals surface area contributed by atoms with Gasteiger partial charge in [0, 0.05) is 30.2 Å². The van der Waals surface area contributed by atoms with Gasteiger partial charge < -0.3 is 25.8 Å². The predicted octanol–water partition coefficient (Wildman–Crippen LogP) is 3.45. The SMILES string of the molecule is CNC(=O)N1CC(=O)c2c([nH]c(-c3ccnc(NC(=O)[C@@H]4C[C@@H]4F)c3)c2Nc2ccccc2)C1. The van der Waals surface area contributed by atoms with E-state index in [1.165, 1.54) is 18.1 Å². The van der Waals surface area contributed by atoms with E-state index in [0.717, 1.165) is 5.69 Å². The second kappa shape index (κ2) is 8.62. The van der Waals surface area contributed by atoms with Crippen LogP contribution in [0, 0.1) is 5.92 Å². The Morgan fingerprint density at radius 3 is 2.65 bits per heavy atom. The van der Waals surface area contributed by atoms with Gasteiger partial charge in [-0.15, -0.1) is 0 Å². The zero-order valence-electron chi connectivity index (χ0n) is 18.4. The lowest BCUT2D eigenvalue weighted by Crippen LogP contribution is -2.43. The van der Waals surface area contributed by atoms with Crippen LogP contribution in [0.5, 0.6) is 0 Å². The highest BCUT2D eigenvalue weighted by Crippen LogP contribution is 2.39. The van der Waals surface area contributed by atoms with Crippen LogP contribution < -0.4 is 16.0 Å². The number of anilines is 3. The van der Waals surface area contributed by atoms with Crippen molar-refractivity contribution in [2.45, 2.75) is 19.1 Å². The number of fused-ring (bicyclic) bond motifs is 1. The number of amides is 3. The number of Topliss-reactive ketones (excluding diaryl/α,β-unsaturated/α-hetero) is 1. The van der Waals surface area contributed by atoms with Crippen LogP contribution in [-0.4, -0.2) is 52.4 Å². The van der Waals surface area contributed by atoms with Gasteiger partial charge in [0.25, 0.3) is 0 Å². The number of ketones is 1. The molecule has 0 saturated heterocycles. The largest absolute Gasteiger partial charge is 0.355 e. The van der Waals surface area contributed by atoms with Gasteiger partial charge in [0.1, 0.15) is 12.0 Å². The maximum atomic E-state index is 13.3. The van der Waals surface area contributed by atoms with Crippen molar-refractivity contribution in [3.8, 4) is 11.3 Å². The van der Waals surface area contributed by atoms with Crippen LogP contribution in [0.25, 0.3) is 11.3 Å². The molecule has 1 fully saturated rings. The molecule has 1 aliphatic carbocycles. The van der Waals surface area contributed by atoms with Gasteiger partial charge in [-0.2, -0.15) is 0 Å². The van der Waals surface area contributed by atoms with Gasteiger partial charge in [-0.1, -0.05) is 18.2 Å². The summed E-state index contributed by atoms with van der Waals surface area (Å²) in [5, 5.41) is 8.55. The number of para-hydroxylation sites is 1. The number of aromatic amines is 1. The third kappa shape index (κ3) is 4.09. The number of H-pyrrole nitrogens is 1. The third-order valence-corrected chi connectivity index (χ3v) is 5.93. The standard InChI is InChI=1S/C24H23FN6O3/c1-26-24(34)31-11-17-20(18(32)12-31)22(28-14-5-3-2-4-6-14)21(29-17)13-7-8-27-19(9-13)30-23(33)15-10-16(15)25/h2-9,15-16,28-29H,10-12H2,1H3,(H,26,34)(H,27,30,33)/t15-,16+/m1/s1. The molecule has 2 aromatic heterocycles. The van der Waals surface area contributed by atoms with Crippen molar-refractivity contribution in [2.24, 2.45) is 5.92 Å². The van der Waals surface area contributed by atoms with Crippen molar-refractivity contribution in [3.63, 3.8) is 0 Å². The summed E-state index contributed by atoms with van der Waals surface area (Å²) in [6, 6.07) is 12.5. The molecule has 1 aromatic carbocycles. The summed E-state index contributed by atoms with van der Waals surface area (Å²) in [6.45, 7) is 0.190. The molecular formula is C24H23FN6O3. The molecule has 0 unspecified atom stereocenters. The number of nitrogens with zero attached hydrogens (tertiary/aromatic N) is 2. The van der Waals surface area contributed by atoms with Gasteiger partial charge in [-0.3, -0.25) is 9.59 Å². The van der Waals surface area contributed by atoms with E-state index >= 15 is 0 Å². The average molecular weight is 462 g/mol. The number of benzene rings is 1. The molecule has 3 aromatic rings. The summed E-state index contributed by atoms with van der Waals surface area (Å²) >= 11 is 0. The Balaban J connectivity index is 1.54. The molecule has 2 aliphatic rings. The number of halogens is 1. The molecule has 1 aliphatic heterocycles. The van der Waals surface area contributed by atoms with Crippen LogP contribution in [0.2, 0.25) is 0 Å². The van der Waals surface area contributed by atoms with E-state index in [1.54, 1.807) is 12.1 Å². The number of urea groups is 1. The number of alkyl halides is 1. The van der Waals surface area contributed by atoms with Crippen LogP contribution in [0.15, 0.2) is 48.7 Å². The van der Waals surface area contributed by atoms with Crippen LogP contribution in [0.3, 0.4) is 0 Å². The normalized spacial score (nSPS) is 18.8. The van der Waals surface area contributed by atoms with E-state index in [4.69, 9.17) is 0 Å². The molecule has 174 valence electrons. The number of carbonyl (C=O) groups excluding carboxylic acids is 3. The fourth-order valence-corrected chi connectivity index (χ4v) is 4.09. The van der Waals surface area contributed by atoms with Crippen LogP contribution in [-0.2, 0) is 11.3 Å². The lowest BCUT2D eigenvalue weighted by atomic mass is 10.0. The second-order valence-electron chi connectivity index (χ2n) is 8.33. The van der Waals surface area contributed by atoms with E-state index in [2.05, 4.69) is 25.9 Å². The topological polar surface area (TPSA) is 119 Å². The Hall–Kier alpha value is -4.21. The Kier molecular flexibility index (Phi) is 5.48. The number of hydrogen-bond acceptors (Lipinski definition) is 5. The summed E-state index contributed by atoms with van der Waals surface area (Å²) in [6.07, 6.45) is 0.661. The van der Waals surface area contributed by atoms with Crippen LogP contribution >= 0.6 is 0 Å². The first kappa shape index (κ1) is 21.6. The highest BCUT2D eigenvalue weighted by Gasteiger charge is 2.43. The minimum atomic E-state index is -1.10. The summed E-state index contributed by atoms with van der Waals surface area (Å²) in [4.78, 5) is 46.4. The second-order valence-corrected chi connectivity index (χ2v) is 8.33. The van der Waals surface area contributed by atoms with Gasteiger partial charge in [0.2, 0.25) is 5.91 Å². The van der Waals surface area contributed by atoms with Gasteiger partial charge in [-0.25, -0.2) is 14.2 Å². The summed E-state index contributed by atoms with van der Waals surface area (Å²) in [7, 11) is 1.52. The lowest BCUT2D eigenvalue weighted by Gasteiger charge is -2.26. The highest BCUT2D eigenvalue weighted by atomic mass is 19.1. The first-order chi connectivity index (χ1) is 16.4. The lowest BCUT2D eigenvalue weighted by molar-refractivity contribution is -0.117. The summed E-state index contributed by atoms with van der Waals surface area (Å²) in [5.74, 6) is -0.942. The summed E-state index contributed by atoms with van der Waals surface area (Å²) in [5.41, 5.74) is 3.75. The van der Waals surface area contributed by atoms with E-state index < -0.39 is 18.0 Å². The van der Waals surface area contributed by atoms with Crippen LogP contribution in [0.4, 0.5) is 26.4 Å². The number of nitrogens with one attached hydrogen (secondary N) is 4. The van der Waals surface area contributed by atoms with Crippen molar-refractivity contribution < 1.29 is 18.8 Å². The molecule has 2 atom stereocenters. The first-order valence-electron chi connectivity index (χ1n) is 10.9. The predicted molar refractivity (Wildman–Crippen MR) is 125 cm³/mol. The van der Waals surface area contributed by atoms with Gasteiger partial charge in [0.15, 0.2) is 5.78 Å². The van der Waals surface area contributed by atoms with Crippen molar-refractivity contribution in [1.29, 1.82) is 0 Å². The van der Waals surface area contributed by atoms with E-state index in [1.807, 2.05) is 30.3 Å². The average Bonchev–Trinajstić information content (AvgIpc) is 3.47. The molecule has 4 N–H and O–H groups in total. The zero-order chi connectivity index (χ0) is 23.8. The quantitative estimate of drug-likeness (QED) is 0.463. The molecule has 0 spiro atoms. The molecule has 9 nitrogen and oxygen atoms in total. The number of hydrogen-bond donors (Lipinski definition) is 4. The monoisotopic (exact) mass is 462 g/mol. The molecule has 3 heterocycles. The van der Waals surface area contributed by atoms with E-state index in [9.17, 15) is 18.8 Å². The molecule has 34 heavy (non-hydrogen) atoms. The Morgan fingerprint density at radius 2 is 1.94 bits per heavy atom. The Bertz CT molecular complexity index is 1270. The van der Waals surface area contributed by atoms with E-state index in [0.29, 0.717) is 28.2 Å². The smallest absolute Gasteiger partial charge is 0.317 e. The third-order valence-electron chi connectivity index (χ3n) is 5.93. The Labute approximate surface area is 194 Å². The fraction of sp³-hybridized carbons (Fsp3) is 0.250. The minimum absolute atomic E-state index is 0.0448. The fourth-order valence-electron chi connectivity index (χ4n) is 4.09.